The lowest BCUT2D eigenvalue weighted by molar-refractivity contribution is 0.138. The van der Waals surface area contributed by atoms with Crippen LogP contribution in [0, 0.1) is 0 Å². The molecule has 0 unspecified atom stereocenters. The highest BCUT2D eigenvalue weighted by molar-refractivity contribution is 5.85. The fourth-order valence-corrected chi connectivity index (χ4v) is 1.49. The fraction of sp³-hybridized carbons (Fsp3) is 0.455. The van der Waals surface area contributed by atoms with Crippen molar-refractivity contribution in [3.05, 3.63) is 23.8 Å². The number of hydrogen-bond acceptors (Lipinski definition) is 4. The number of nitrogens with two attached hydrogens (primary N) is 1. The molecule has 0 amide bonds. The van der Waals surface area contributed by atoms with Crippen molar-refractivity contribution in [1.29, 1.82) is 0 Å². The lowest BCUT2D eigenvalue weighted by Crippen LogP contribution is -2.25. The normalized spacial score (nSPS) is 13.8. The van der Waals surface area contributed by atoms with Crippen LogP contribution in [0.25, 0.3) is 0 Å². The molecular weight excluding hydrogens is 230 g/mol. The van der Waals surface area contributed by atoms with Crippen LogP contribution >= 0.6 is 12.4 Å². The van der Waals surface area contributed by atoms with Gasteiger partial charge < -0.3 is 20.7 Å². The van der Waals surface area contributed by atoms with Crippen molar-refractivity contribution in [2.24, 2.45) is 5.73 Å². The third-order valence-corrected chi connectivity index (χ3v) is 2.43. The number of aliphatic hydroxyl groups excluding tert-OH is 1. The maximum Gasteiger partial charge on any atom is 0.127 e. The number of rotatable bonds is 4. The first-order chi connectivity index (χ1) is 7.11. The highest BCUT2D eigenvalue weighted by Crippen LogP contribution is 2.33. The topological polar surface area (TPSA) is 75.7 Å². The Bertz CT molecular complexity index is 333. The summed E-state index contributed by atoms with van der Waals surface area (Å²) in [5, 5.41) is 19.3. The van der Waals surface area contributed by atoms with Gasteiger partial charge in [-0.3, -0.25) is 0 Å². The van der Waals surface area contributed by atoms with E-state index in [4.69, 9.17) is 10.5 Å². The summed E-state index contributed by atoms with van der Waals surface area (Å²) in [5.74, 6) is 0.546. The van der Waals surface area contributed by atoms with E-state index in [1.165, 1.54) is 13.2 Å². The van der Waals surface area contributed by atoms with E-state index in [-0.39, 0.29) is 18.2 Å². The molecule has 1 aromatic rings. The summed E-state index contributed by atoms with van der Waals surface area (Å²) in [6.07, 6.45) is -0.161. The molecule has 0 heterocycles. The van der Waals surface area contributed by atoms with E-state index in [0.29, 0.717) is 17.7 Å². The molecule has 4 nitrogen and oxygen atoms in total. The van der Waals surface area contributed by atoms with Crippen LogP contribution in [0.2, 0.25) is 0 Å². The number of benzene rings is 1. The predicted octanol–water partition coefficient (Wildman–Crippen LogP) is 1.59. The first kappa shape index (κ1) is 15.0. The summed E-state index contributed by atoms with van der Waals surface area (Å²) in [5.41, 5.74) is 6.29. The molecule has 2 atom stereocenters. The Labute approximate surface area is 101 Å². The predicted molar refractivity (Wildman–Crippen MR) is 65.1 cm³/mol. The number of halogens is 1. The molecule has 4 N–H and O–H groups in total. The van der Waals surface area contributed by atoms with Crippen molar-refractivity contribution in [3.8, 4) is 11.5 Å². The second kappa shape index (κ2) is 6.58. The lowest BCUT2D eigenvalue weighted by Gasteiger charge is -2.20. The highest BCUT2D eigenvalue weighted by Gasteiger charge is 2.22. The maximum atomic E-state index is 9.67. The Balaban J connectivity index is 0.00000225. The second-order valence-electron chi connectivity index (χ2n) is 3.39. The molecule has 0 spiro atoms. The minimum atomic E-state index is -0.688. The van der Waals surface area contributed by atoms with Crippen molar-refractivity contribution < 1.29 is 14.9 Å². The van der Waals surface area contributed by atoms with Gasteiger partial charge in [-0.1, -0.05) is 13.0 Å². The van der Waals surface area contributed by atoms with Crippen LogP contribution in [0.5, 0.6) is 11.5 Å². The lowest BCUT2D eigenvalue weighted by atomic mass is 9.99. The Morgan fingerprint density at radius 1 is 1.44 bits per heavy atom. The average Bonchev–Trinajstić information content (AvgIpc) is 2.26. The summed E-state index contributed by atoms with van der Waals surface area (Å²) in [7, 11) is 1.50. The van der Waals surface area contributed by atoms with Crippen molar-refractivity contribution in [3.63, 3.8) is 0 Å². The highest BCUT2D eigenvalue weighted by atomic mass is 35.5. The number of aliphatic hydroxyl groups is 1. The molecule has 16 heavy (non-hydrogen) atoms. The zero-order valence-electron chi connectivity index (χ0n) is 9.38. The van der Waals surface area contributed by atoms with E-state index in [1.807, 2.05) is 6.92 Å². The smallest absolute Gasteiger partial charge is 0.127 e. The van der Waals surface area contributed by atoms with Crippen LogP contribution in [0.15, 0.2) is 18.2 Å². The van der Waals surface area contributed by atoms with Gasteiger partial charge in [0.1, 0.15) is 11.5 Å². The number of methoxy groups -OCH3 is 1. The molecule has 0 aromatic heterocycles. The molecule has 0 radical (unpaired) electrons. The van der Waals surface area contributed by atoms with Crippen LogP contribution in [0.4, 0.5) is 0 Å². The Morgan fingerprint density at radius 2 is 2.06 bits per heavy atom. The van der Waals surface area contributed by atoms with Gasteiger partial charge in [-0.25, -0.2) is 0 Å². The van der Waals surface area contributed by atoms with Gasteiger partial charge in [0, 0.05) is 0 Å². The minimum Gasteiger partial charge on any atom is -0.507 e. The van der Waals surface area contributed by atoms with E-state index in [9.17, 15) is 10.2 Å². The van der Waals surface area contributed by atoms with Gasteiger partial charge >= 0.3 is 0 Å². The van der Waals surface area contributed by atoms with Crippen molar-refractivity contribution >= 4 is 12.4 Å². The van der Waals surface area contributed by atoms with Gasteiger partial charge in [0.2, 0.25) is 0 Å². The summed E-state index contributed by atoms with van der Waals surface area (Å²) < 4.78 is 5.09. The zero-order chi connectivity index (χ0) is 11.4. The molecule has 1 aromatic carbocycles. The Kier molecular flexibility index (Phi) is 6.18. The molecular formula is C11H18ClNO3. The molecule has 0 saturated heterocycles. The molecule has 5 heteroatoms. The van der Waals surface area contributed by atoms with Gasteiger partial charge in [0.05, 0.1) is 24.8 Å². The quantitative estimate of drug-likeness (QED) is 0.755. The molecule has 92 valence electrons. The number of hydrogen-bond donors (Lipinski definition) is 3. The maximum absolute atomic E-state index is 9.67. The number of ether oxygens (including phenoxy) is 1. The molecule has 0 saturated carbocycles. The van der Waals surface area contributed by atoms with Crippen LogP contribution in [-0.2, 0) is 0 Å². The minimum absolute atomic E-state index is 0. The molecule has 1 rings (SSSR count). The molecule has 0 aliphatic rings. The molecule has 0 fully saturated rings. The molecule has 0 aliphatic heterocycles. The van der Waals surface area contributed by atoms with Crippen LogP contribution in [0.3, 0.4) is 0 Å². The SMILES string of the molecule is CC[C@@H](O)[C@@H](N)c1c(O)cccc1OC.Cl. The van der Waals surface area contributed by atoms with Gasteiger partial charge in [0.25, 0.3) is 0 Å². The van der Waals surface area contributed by atoms with Crippen LogP contribution < -0.4 is 10.5 Å². The zero-order valence-corrected chi connectivity index (χ0v) is 10.2. The number of aromatic hydroxyl groups is 1. The van der Waals surface area contributed by atoms with Crippen molar-refractivity contribution in [2.45, 2.75) is 25.5 Å². The third-order valence-electron chi connectivity index (χ3n) is 2.43. The van der Waals surface area contributed by atoms with E-state index in [2.05, 4.69) is 0 Å². The Morgan fingerprint density at radius 3 is 2.56 bits per heavy atom. The summed E-state index contributed by atoms with van der Waals surface area (Å²) in [6.45, 7) is 1.83. The fourth-order valence-electron chi connectivity index (χ4n) is 1.49. The summed E-state index contributed by atoms with van der Waals surface area (Å²) >= 11 is 0. The number of phenolic OH excluding ortho intramolecular Hbond substituents is 1. The van der Waals surface area contributed by atoms with E-state index in [1.54, 1.807) is 12.1 Å². The van der Waals surface area contributed by atoms with Gasteiger partial charge in [-0.2, -0.15) is 0 Å². The third kappa shape index (κ3) is 3.01. The van der Waals surface area contributed by atoms with Crippen LogP contribution in [0.1, 0.15) is 24.9 Å². The number of phenols is 1. The molecule has 0 bridgehead atoms. The van der Waals surface area contributed by atoms with E-state index >= 15 is 0 Å². The monoisotopic (exact) mass is 247 g/mol. The van der Waals surface area contributed by atoms with Gasteiger partial charge in [-0.15, -0.1) is 12.4 Å². The Hall–Kier alpha value is -0.970. The van der Waals surface area contributed by atoms with Gasteiger partial charge in [-0.05, 0) is 18.6 Å². The second-order valence-corrected chi connectivity index (χ2v) is 3.39. The van der Waals surface area contributed by atoms with Crippen molar-refractivity contribution in [1.82, 2.24) is 0 Å². The summed E-state index contributed by atoms with van der Waals surface area (Å²) in [6, 6.07) is 4.27. The van der Waals surface area contributed by atoms with E-state index in [0.717, 1.165) is 0 Å². The largest absolute Gasteiger partial charge is 0.507 e. The van der Waals surface area contributed by atoms with E-state index < -0.39 is 12.1 Å². The summed E-state index contributed by atoms with van der Waals surface area (Å²) in [4.78, 5) is 0. The average molecular weight is 248 g/mol. The van der Waals surface area contributed by atoms with Gasteiger partial charge in [0.15, 0.2) is 0 Å². The molecule has 0 aliphatic carbocycles. The van der Waals surface area contributed by atoms with Crippen LogP contribution in [-0.4, -0.2) is 23.4 Å². The van der Waals surface area contributed by atoms with Crippen molar-refractivity contribution in [2.75, 3.05) is 7.11 Å². The first-order valence-electron chi connectivity index (χ1n) is 4.91. The first-order valence-corrected chi connectivity index (χ1v) is 4.91. The standard InChI is InChI=1S/C11H17NO3.ClH/c1-3-7(13)11(12)10-8(14)5-4-6-9(10)15-2;/h4-7,11,13-14H,3,12H2,1-2H3;1H/t7-,11-;/m1./s1.